The Morgan fingerprint density at radius 2 is 1.96 bits per heavy atom. The van der Waals surface area contributed by atoms with E-state index in [0.717, 1.165) is 10.9 Å². The molecule has 0 unspecified atom stereocenters. The van der Waals surface area contributed by atoms with Crippen LogP contribution in [0, 0.1) is 0 Å². The minimum atomic E-state index is -0.374. The first-order valence-electron chi connectivity index (χ1n) is 8.23. The predicted octanol–water partition coefficient (Wildman–Crippen LogP) is 3.97. The second kappa shape index (κ2) is 8.25. The van der Waals surface area contributed by atoms with Gasteiger partial charge in [0.1, 0.15) is 23.7 Å². The Hall–Kier alpha value is -2.50. The van der Waals surface area contributed by atoms with Crippen LogP contribution in [0.4, 0.5) is 0 Å². The van der Waals surface area contributed by atoms with Gasteiger partial charge in [-0.15, -0.1) is 0 Å². The van der Waals surface area contributed by atoms with Gasteiger partial charge in [0, 0.05) is 30.6 Å². The van der Waals surface area contributed by atoms with E-state index in [1.54, 1.807) is 19.2 Å². The lowest BCUT2D eigenvalue weighted by Crippen LogP contribution is -2.24. The van der Waals surface area contributed by atoms with E-state index < -0.39 is 0 Å². The molecule has 136 valence electrons. The maximum absolute atomic E-state index is 11.9. The molecule has 3 aromatic rings. The minimum absolute atomic E-state index is 0.374. The van der Waals surface area contributed by atoms with E-state index >= 15 is 0 Å². The summed E-state index contributed by atoms with van der Waals surface area (Å²) in [6, 6.07) is 14.4. The summed E-state index contributed by atoms with van der Waals surface area (Å²) in [7, 11) is 3.55. The first-order chi connectivity index (χ1) is 12.6. The van der Waals surface area contributed by atoms with Crippen LogP contribution < -0.4 is 15.1 Å². The SMILES string of the molecule is COc1ccc2c(CN(C)CCOc3ccccc3Cl)cc(=O)oc2c1. The highest BCUT2D eigenvalue weighted by molar-refractivity contribution is 6.32. The molecule has 0 saturated carbocycles. The molecular weight excluding hydrogens is 354 g/mol. The number of rotatable bonds is 7. The van der Waals surface area contributed by atoms with Crippen molar-refractivity contribution < 1.29 is 13.9 Å². The summed E-state index contributed by atoms with van der Waals surface area (Å²) < 4.78 is 16.2. The van der Waals surface area contributed by atoms with Gasteiger partial charge >= 0.3 is 5.63 Å². The van der Waals surface area contributed by atoms with Crippen LogP contribution in [0.2, 0.25) is 5.02 Å². The molecule has 0 bridgehead atoms. The van der Waals surface area contributed by atoms with Crippen LogP contribution in [0.3, 0.4) is 0 Å². The number of fused-ring (bicyclic) bond motifs is 1. The predicted molar refractivity (Wildman–Crippen MR) is 102 cm³/mol. The van der Waals surface area contributed by atoms with Gasteiger partial charge < -0.3 is 13.9 Å². The highest BCUT2D eigenvalue weighted by Gasteiger charge is 2.10. The van der Waals surface area contributed by atoms with Crippen molar-refractivity contribution >= 4 is 22.6 Å². The average molecular weight is 374 g/mol. The van der Waals surface area contributed by atoms with Crippen LogP contribution >= 0.6 is 11.6 Å². The maximum atomic E-state index is 11.9. The van der Waals surface area contributed by atoms with Gasteiger partial charge in [-0.2, -0.15) is 0 Å². The fraction of sp³-hybridized carbons (Fsp3) is 0.250. The molecule has 6 heteroatoms. The molecule has 0 saturated heterocycles. The van der Waals surface area contributed by atoms with E-state index in [1.807, 2.05) is 37.4 Å². The highest BCUT2D eigenvalue weighted by atomic mass is 35.5. The topological polar surface area (TPSA) is 51.9 Å². The standard InChI is InChI=1S/C20H20ClNO4/c1-22(9-10-25-18-6-4-3-5-17(18)21)13-14-11-20(23)26-19-12-15(24-2)7-8-16(14)19/h3-8,11-12H,9-10,13H2,1-2H3. The Balaban J connectivity index is 1.68. The van der Waals surface area contributed by atoms with E-state index in [-0.39, 0.29) is 5.63 Å². The zero-order valence-electron chi connectivity index (χ0n) is 14.7. The highest BCUT2D eigenvalue weighted by Crippen LogP contribution is 2.24. The summed E-state index contributed by atoms with van der Waals surface area (Å²) in [5.41, 5.74) is 1.05. The molecular formula is C20H20ClNO4. The molecule has 0 atom stereocenters. The Bertz CT molecular complexity index is 954. The summed E-state index contributed by atoms with van der Waals surface area (Å²) in [4.78, 5) is 13.9. The van der Waals surface area contributed by atoms with Crippen LogP contribution in [-0.4, -0.2) is 32.2 Å². The smallest absolute Gasteiger partial charge is 0.336 e. The molecule has 1 aromatic heterocycles. The number of para-hydroxylation sites is 1. The maximum Gasteiger partial charge on any atom is 0.336 e. The number of benzene rings is 2. The second-order valence-corrected chi connectivity index (χ2v) is 6.38. The van der Waals surface area contributed by atoms with Crippen molar-refractivity contribution in [2.45, 2.75) is 6.54 Å². The van der Waals surface area contributed by atoms with Gasteiger partial charge in [0.15, 0.2) is 0 Å². The van der Waals surface area contributed by atoms with Crippen LogP contribution in [0.15, 0.2) is 57.7 Å². The third-order valence-electron chi connectivity index (χ3n) is 4.04. The van der Waals surface area contributed by atoms with Gasteiger partial charge in [-0.1, -0.05) is 23.7 Å². The molecule has 0 N–H and O–H groups in total. The quantitative estimate of drug-likeness (QED) is 0.586. The first kappa shape index (κ1) is 18.3. The van der Waals surface area contributed by atoms with Gasteiger partial charge in [0.25, 0.3) is 0 Å². The lowest BCUT2D eigenvalue weighted by molar-refractivity contribution is 0.233. The zero-order chi connectivity index (χ0) is 18.5. The molecule has 0 fully saturated rings. The Morgan fingerprint density at radius 3 is 2.73 bits per heavy atom. The van der Waals surface area contributed by atoms with Crippen LogP contribution in [0.5, 0.6) is 11.5 Å². The Labute approximate surface area is 156 Å². The van der Waals surface area contributed by atoms with Crippen LogP contribution in [-0.2, 0) is 6.54 Å². The summed E-state index contributed by atoms with van der Waals surface area (Å²) in [6.07, 6.45) is 0. The van der Waals surface area contributed by atoms with E-state index in [0.29, 0.717) is 41.8 Å². The van der Waals surface area contributed by atoms with Crippen LogP contribution in [0.25, 0.3) is 11.0 Å². The van der Waals surface area contributed by atoms with E-state index in [2.05, 4.69) is 4.90 Å². The van der Waals surface area contributed by atoms with Gasteiger partial charge in [-0.05, 0) is 36.9 Å². The fourth-order valence-electron chi connectivity index (χ4n) is 2.71. The number of halogens is 1. The normalized spacial score (nSPS) is 11.1. The second-order valence-electron chi connectivity index (χ2n) is 5.97. The monoisotopic (exact) mass is 373 g/mol. The molecule has 3 rings (SSSR count). The van der Waals surface area contributed by atoms with Crippen molar-refractivity contribution in [3.8, 4) is 11.5 Å². The zero-order valence-corrected chi connectivity index (χ0v) is 15.5. The largest absolute Gasteiger partial charge is 0.497 e. The number of hydrogen-bond acceptors (Lipinski definition) is 5. The average Bonchev–Trinajstić information content (AvgIpc) is 2.62. The van der Waals surface area contributed by atoms with Crippen molar-refractivity contribution in [1.29, 1.82) is 0 Å². The van der Waals surface area contributed by atoms with Gasteiger partial charge in [0.2, 0.25) is 0 Å². The van der Waals surface area contributed by atoms with Gasteiger partial charge in [0.05, 0.1) is 12.1 Å². The van der Waals surface area contributed by atoms with Crippen molar-refractivity contribution in [1.82, 2.24) is 4.90 Å². The van der Waals surface area contributed by atoms with Crippen molar-refractivity contribution in [2.24, 2.45) is 0 Å². The molecule has 1 heterocycles. The van der Waals surface area contributed by atoms with E-state index in [9.17, 15) is 4.79 Å². The summed E-state index contributed by atoms with van der Waals surface area (Å²) in [5.74, 6) is 1.32. The van der Waals surface area contributed by atoms with Crippen LogP contribution in [0.1, 0.15) is 5.56 Å². The van der Waals surface area contributed by atoms with Gasteiger partial charge in [-0.3, -0.25) is 4.90 Å². The molecule has 5 nitrogen and oxygen atoms in total. The molecule has 0 amide bonds. The minimum Gasteiger partial charge on any atom is -0.497 e. The molecule has 0 radical (unpaired) electrons. The first-order valence-corrected chi connectivity index (χ1v) is 8.61. The van der Waals surface area contributed by atoms with Crippen molar-refractivity contribution in [2.75, 3.05) is 27.3 Å². The summed E-state index contributed by atoms with van der Waals surface area (Å²) in [5, 5.41) is 1.49. The molecule has 0 aliphatic heterocycles. The third-order valence-corrected chi connectivity index (χ3v) is 4.36. The third kappa shape index (κ3) is 4.36. The number of methoxy groups -OCH3 is 1. The Kier molecular flexibility index (Phi) is 5.81. The summed E-state index contributed by atoms with van der Waals surface area (Å²) >= 11 is 6.08. The fourth-order valence-corrected chi connectivity index (χ4v) is 2.90. The van der Waals surface area contributed by atoms with E-state index in [1.165, 1.54) is 6.07 Å². The number of hydrogen-bond donors (Lipinski definition) is 0. The lowest BCUT2D eigenvalue weighted by Gasteiger charge is -2.18. The molecule has 0 aliphatic rings. The Morgan fingerprint density at radius 1 is 1.15 bits per heavy atom. The van der Waals surface area contributed by atoms with Crippen molar-refractivity contribution in [3.05, 3.63) is 69.5 Å². The lowest BCUT2D eigenvalue weighted by atomic mass is 10.1. The summed E-state index contributed by atoms with van der Waals surface area (Å²) in [6.45, 7) is 1.77. The molecule has 0 spiro atoms. The molecule has 0 aliphatic carbocycles. The number of nitrogens with zero attached hydrogens (tertiary/aromatic N) is 1. The molecule has 26 heavy (non-hydrogen) atoms. The molecule has 2 aromatic carbocycles. The van der Waals surface area contributed by atoms with Gasteiger partial charge in [-0.25, -0.2) is 4.79 Å². The number of ether oxygens (including phenoxy) is 2. The van der Waals surface area contributed by atoms with E-state index in [4.69, 9.17) is 25.5 Å². The number of likely N-dealkylation sites (N-methyl/N-ethyl adjacent to an activating group) is 1. The van der Waals surface area contributed by atoms with Crippen molar-refractivity contribution in [3.63, 3.8) is 0 Å².